The number of nitrogens with one attached hydrogen (secondary N) is 1. The van der Waals surface area contributed by atoms with E-state index < -0.39 is 23.6 Å². The molecule has 0 fully saturated rings. The monoisotopic (exact) mass is 443 g/mol. The van der Waals surface area contributed by atoms with Crippen LogP contribution in [0.15, 0.2) is 41.3 Å². The van der Waals surface area contributed by atoms with Crippen LogP contribution in [0.1, 0.15) is 10.4 Å². The number of fused-ring (bicyclic) bond motifs is 1. The lowest BCUT2D eigenvalue weighted by molar-refractivity contribution is -0.385. The van der Waals surface area contributed by atoms with Gasteiger partial charge >= 0.3 is 6.18 Å². The smallest absolute Gasteiger partial charge is 0.422 e. The van der Waals surface area contributed by atoms with Crippen molar-refractivity contribution < 1.29 is 27.6 Å². The first kappa shape index (κ1) is 20.9. The van der Waals surface area contributed by atoms with E-state index in [-0.39, 0.29) is 22.1 Å². The molecular formula is C17H12F3N3O4S2. The lowest BCUT2D eigenvalue weighted by atomic mass is 10.1. The molecule has 1 aromatic heterocycles. The van der Waals surface area contributed by atoms with Gasteiger partial charge < -0.3 is 4.74 Å². The van der Waals surface area contributed by atoms with Gasteiger partial charge in [-0.1, -0.05) is 11.3 Å². The molecule has 0 aliphatic heterocycles. The van der Waals surface area contributed by atoms with Crippen LogP contribution in [0.2, 0.25) is 0 Å². The molecule has 152 valence electrons. The van der Waals surface area contributed by atoms with Crippen LogP contribution in [-0.2, 0) is 0 Å². The number of carbonyl (C=O) groups excluding carboxylic acids is 1. The van der Waals surface area contributed by atoms with Gasteiger partial charge in [-0.15, -0.1) is 11.8 Å². The highest BCUT2D eigenvalue weighted by Crippen LogP contribution is 2.31. The van der Waals surface area contributed by atoms with E-state index in [0.717, 1.165) is 11.3 Å². The molecule has 1 heterocycles. The van der Waals surface area contributed by atoms with Gasteiger partial charge in [0, 0.05) is 11.0 Å². The number of nitro groups is 1. The summed E-state index contributed by atoms with van der Waals surface area (Å²) in [5, 5.41) is 13.9. The minimum Gasteiger partial charge on any atom is -0.484 e. The lowest BCUT2D eigenvalue weighted by Crippen LogP contribution is -2.19. The molecule has 0 aliphatic rings. The third-order valence-electron chi connectivity index (χ3n) is 3.63. The van der Waals surface area contributed by atoms with Crippen molar-refractivity contribution in [2.75, 3.05) is 18.2 Å². The Labute approximate surface area is 170 Å². The molecule has 0 bridgehead atoms. The number of benzene rings is 2. The molecule has 2 aromatic carbocycles. The number of amides is 1. The molecule has 0 unspecified atom stereocenters. The summed E-state index contributed by atoms with van der Waals surface area (Å²) in [6, 6.07) is 8.39. The molecule has 0 radical (unpaired) electrons. The second kappa shape index (κ2) is 8.25. The minimum absolute atomic E-state index is 0.0136. The Hall–Kier alpha value is -2.86. The van der Waals surface area contributed by atoms with Crippen molar-refractivity contribution in [1.82, 2.24) is 4.98 Å². The van der Waals surface area contributed by atoms with Gasteiger partial charge in [-0.05, 0) is 36.6 Å². The molecule has 0 saturated carbocycles. The van der Waals surface area contributed by atoms with E-state index in [1.54, 1.807) is 12.3 Å². The van der Waals surface area contributed by atoms with E-state index in [2.05, 4.69) is 10.3 Å². The predicted molar refractivity (Wildman–Crippen MR) is 104 cm³/mol. The summed E-state index contributed by atoms with van der Waals surface area (Å²) >= 11 is 2.34. The molecule has 29 heavy (non-hydrogen) atoms. The van der Waals surface area contributed by atoms with Crippen LogP contribution >= 0.6 is 23.1 Å². The number of ether oxygens (including phenoxy) is 1. The number of nitro benzene ring substituents is 1. The maximum absolute atomic E-state index is 12.6. The van der Waals surface area contributed by atoms with E-state index in [0.29, 0.717) is 15.1 Å². The number of thioether (sulfide) groups is 1. The summed E-state index contributed by atoms with van der Waals surface area (Å²) in [7, 11) is 0. The quantitative estimate of drug-likeness (QED) is 0.323. The van der Waals surface area contributed by atoms with Crippen molar-refractivity contribution in [3.05, 3.63) is 52.1 Å². The summed E-state index contributed by atoms with van der Waals surface area (Å²) in [4.78, 5) is 28.0. The Kier molecular flexibility index (Phi) is 5.94. The first-order valence-corrected chi connectivity index (χ1v) is 9.94. The molecule has 7 nitrogen and oxygen atoms in total. The Balaban J connectivity index is 1.83. The second-order valence-corrected chi connectivity index (χ2v) is 7.56. The van der Waals surface area contributed by atoms with Crippen LogP contribution in [0.5, 0.6) is 5.75 Å². The largest absolute Gasteiger partial charge is 0.484 e. The number of anilines is 1. The lowest BCUT2D eigenvalue weighted by Gasteiger charge is -2.08. The van der Waals surface area contributed by atoms with Gasteiger partial charge in [0.05, 0.1) is 15.1 Å². The van der Waals surface area contributed by atoms with Crippen LogP contribution in [0.4, 0.5) is 24.0 Å². The summed E-state index contributed by atoms with van der Waals surface area (Å²) in [5.41, 5.74) is -0.0171. The normalized spacial score (nSPS) is 11.4. The van der Waals surface area contributed by atoms with Gasteiger partial charge in [-0.25, -0.2) is 4.98 Å². The highest BCUT2D eigenvalue weighted by atomic mass is 32.2. The van der Waals surface area contributed by atoms with E-state index in [4.69, 9.17) is 4.74 Å². The zero-order valence-corrected chi connectivity index (χ0v) is 16.3. The molecule has 0 saturated heterocycles. The molecule has 0 aliphatic carbocycles. The number of hydrogen-bond donors (Lipinski definition) is 1. The Morgan fingerprint density at radius 2 is 2.07 bits per heavy atom. The SMILES string of the molecule is CSc1ccc([N+](=O)[O-])c(C(=O)Nc2nc3ccc(OCC(F)(F)F)cc3s2)c1. The number of carbonyl (C=O) groups is 1. The van der Waals surface area contributed by atoms with E-state index in [9.17, 15) is 28.1 Å². The average Bonchev–Trinajstić information content (AvgIpc) is 3.06. The number of halogens is 3. The predicted octanol–water partition coefficient (Wildman–Crippen LogP) is 5.12. The number of nitrogens with zero attached hydrogens (tertiary/aromatic N) is 2. The van der Waals surface area contributed by atoms with E-state index in [1.807, 2.05) is 0 Å². The van der Waals surface area contributed by atoms with Crippen molar-refractivity contribution in [3.8, 4) is 5.75 Å². The number of rotatable bonds is 6. The Bertz CT molecular complexity index is 1090. The molecule has 3 rings (SSSR count). The third-order valence-corrected chi connectivity index (χ3v) is 5.29. The molecule has 1 amide bonds. The van der Waals surface area contributed by atoms with Gasteiger partial charge in [-0.2, -0.15) is 13.2 Å². The zero-order valence-electron chi connectivity index (χ0n) is 14.6. The van der Waals surface area contributed by atoms with Crippen LogP contribution in [0, 0.1) is 10.1 Å². The van der Waals surface area contributed by atoms with E-state index >= 15 is 0 Å². The first-order chi connectivity index (χ1) is 13.7. The maximum atomic E-state index is 12.6. The van der Waals surface area contributed by atoms with Crippen LogP contribution in [0.25, 0.3) is 10.2 Å². The topological polar surface area (TPSA) is 94.4 Å². The number of alkyl halides is 3. The van der Waals surface area contributed by atoms with Crippen LogP contribution in [-0.4, -0.2) is 34.9 Å². The highest BCUT2D eigenvalue weighted by molar-refractivity contribution is 7.98. The van der Waals surface area contributed by atoms with Gasteiger partial charge in [0.1, 0.15) is 11.3 Å². The van der Waals surface area contributed by atoms with Crippen molar-refractivity contribution in [2.45, 2.75) is 11.1 Å². The molecule has 12 heteroatoms. The number of hydrogen-bond acceptors (Lipinski definition) is 7. The third kappa shape index (κ3) is 5.15. The number of thiazole rings is 1. The summed E-state index contributed by atoms with van der Waals surface area (Å²) in [6.07, 6.45) is -2.68. The van der Waals surface area contributed by atoms with Crippen molar-refractivity contribution in [1.29, 1.82) is 0 Å². The van der Waals surface area contributed by atoms with Gasteiger partial charge in [0.2, 0.25) is 0 Å². The van der Waals surface area contributed by atoms with Crippen LogP contribution in [0.3, 0.4) is 0 Å². The fourth-order valence-electron chi connectivity index (χ4n) is 2.36. The maximum Gasteiger partial charge on any atom is 0.422 e. The second-order valence-electron chi connectivity index (χ2n) is 5.65. The Morgan fingerprint density at radius 1 is 1.31 bits per heavy atom. The standard InChI is InChI=1S/C17H12F3N3O4S2/c1-28-10-3-5-13(23(25)26)11(7-10)15(24)22-16-21-12-4-2-9(6-14(12)29-16)27-8-17(18,19)20/h2-7H,8H2,1H3,(H,21,22,24). The zero-order chi connectivity index (χ0) is 21.2. The van der Waals surface area contributed by atoms with Crippen molar-refractivity contribution in [3.63, 3.8) is 0 Å². The fourth-order valence-corrected chi connectivity index (χ4v) is 3.69. The average molecular weight is 443 g/mol. The first-order valence-electron chi connectivity index (χ1n) is 7.90. The molecule has 0 spiro atoms. The molecular weight excluding hydrogens is 431 g/mol. The summed E-state index contributed by atoms with van der Waals surface area (Å²) in [5.74, 6) is -0.695. The van der Waals surface area contributed by atoms with E-state index in [1.165, 1.54) is 42.1 Å². The summed E-state index contributed by atoms with van der Waals surface area (Å²) < 4.78 is 42.0. The number of aromatic nitrogens is 1. The molecule has 0 atom stereocenters. The molecule has 1 N–H and O–H groups in total. The Morgan fingerprint density at radius 3 is 2.72 bits per heavy atom. The van der Waals surface area contributed by atoms with Crippen LogP contribution < -0.4 is 10.1 Å². The fraction of sp³-hybridized carbons (Fsp3) is 0.176. The molecule has 3 aromatic rings. The highest BCUT2D eigenvalue weighted by Gasteiger charge is 2.28. The van der Waals surface area contributed by atoms with Crippen molar-refractivity contribution >= 4 is 50.0 Å². The van der Waals surface area contributed by atoms with Gasteiger partial charge in [0.25, 0.3) is 11.6 Å². The van der Waals surface area contributed by atoms with Gasteiger partial charge in [-0.3, -0.25) is 20.2 Å². The van der Waals surface area contributed by atoms with Gasteiger partial charge in [0.15, 0.2) is 11.7 Å². The minimum atomic E-state index is -4.46. The summed E-state index contributed by atoms with van der Waals surface area (Å²) in [6.45, 7) is -1.42. The van der Waals surface area contributed by atoms with Crippen molar-refractivity contribution in [2.24, 2.45) is 0 Å².